The lowest BCUT2D eigenvalue weighted by Gasteiger charge is -2.37. The van der Waals surface area contributed by atoms with Crippen LogP contribution in [0.3, 0.4) is 0 Å². The van der Waals surface area contributed by atoms with Crippen molar-refractivity contribution >= 4 is 31.9 Å². The molecule has 34 heavy (non-hydrogen) atoms. The van der Waals surface area contributed by atoms with Gasteiger partial charge in [-0.15, -0.1) is 0 Å². The average molecular weight is 482 g/mol. The first-order valence-corrected chi connectivity index (χ1v) is 12.8. The molecule has 2 saturated heterocycles. The first-order chi connectivity index (χ1) is 16.6. The van der Waals surface area contributed by atoms with Crippen molar-refractivity contribution in [2.24, 2.45) is 0 Å². The molecular formula is C20H46B4N4O6. The van der Waals surface area contributed by atoms with Crippen LogP contribution in [0.2, 0.25) is 0 Å². The first kappa shape index (κ1) is 30.1. The standard InChI is InChI=1S/C20H46B4N4O6/c21-25-2-8-30-13-14-32-11-6-28(24)19(18-33-16-15-31-9-3-25)20-17-27(23)4-10-29-7-1-26(22)5-12-34-20/h19-20H,1-18,21-24H2. The summed E-state index contributed by atoms with van der Waals surface area (Å²) in [4.78, 5) is 9.08. The fourth-order valence-corrected chi connectivity index (χ4v) is 3.89. The summed E-state index contributed by atoms with van der Waals surface area (Å²) in [6.07, 6.45) is 0.0197. The topological polar surface area (TPSA) is 68.3 Å². The third kappa shape index (κ3) is 13.8. The van der Waals surface area contributed by atoms with E-state index >= 15 is 0 Å². The molecule has 2 aliphatic heterocycles. The summed E-state index contributed by atoms with van der Waals surface area (Å²) in [7, 11) is 8.47. The van der Waals surface area contributed by atoms with E-state index in [9.17, 15) is 0 Å². The normalized spacial score (nSPS) is 29.9. The zero-order valence-electron chi connectivity index (χ0n) is 22.1. The average Bonchev–Trinajstić information content (AvgIpc) is 2.80. The minimum absolute atomic E-state index is 0.0197. The molecule has 0 amide bonds. The molecular weight excluding hydrogens is 435 g/mol. The molecule has 2 fully saturated rings. The van der Waals surface area contributed by atoms with E-state index in [-0.39, 0.29) is 12.1 Å². The van der Waals surface area contributed by atoms with Gasteiger partial charge in [0.25, 0.3) is 0 Å². The minimum atomic E-state index is 0.0197. The molecule has 0 N–H and O–H groups in total. The highest BCUT2D eigenvalue weighted by molar-refractivity contribution is 6.05. The second-order valence-electron chi connectivity index (χ2n) is 9.35. The molecule has 2 unspecified atom stereocenters. The zero-order valence-corrected chi connectivity index (χ0v) is 22.1. The molecule has 0 spiro atoms. The largest absolute Gasteiger partial charge is 0.379 e. The summed E-state index contributed by atoms with van der Waals surface area (Å²) in [5.74, 6) is 0. The van der Waals surface area contributed by atoms with Crippen LogP contribution in [0, 0.1) is 0 Å². The molecule has 0 aromatic carbocycles. The molecule has 0 saturated carbocycles. The summed E-state index contributed by atoms with van der Waals surface area (Å²) >= 11 is 0. The zero-order chi connectivity index (χ0) is 24.4. The van der Waals surface area contributed by atoms with Crippen LogP contribution in [-0.2, 0) is 28.4 Å². The molecule has 2 atom stereocenters. The predicted molar refractivity (Wildman–Crippen MR) is 143 cm³/mol. The fraction of sp³-hybridized carbons (Fsp3) is 1.00. The lowest BCUT2D eigenvalue weighted by molar-refractivity contribution is -0.0510. The Morgan fingerprint density at radius 2 is 0.912 bits per heavy atom. The summed E-state index contributed by atoms with van der Waals surface area (Å²) in [5.41, 5.74) is 0. The lowest BCUT2D eigenvalue weighted by Crippen LogP contribution is -2.53. The molecule has 0 aliphatic carbocycles. The third-order valence-corrected chi connectivity index (χ3v) is 6.38. The van der Waals surface area contributed by atoms with Crippen molar-refractivity contribution < 1.29 is 28.4 Å². The van der Waals surface area contributed by atoms with Crippen molar-refractivity contribution in [3.8, 4) is 0 Å². The Kier molecular flexibility index (Phi) is 16.8. The van der Waals surface area contributed by atoms with Gasteiger partial charge in [-0.3, -0.25) is 0 Å². The van der Waals surface area contributed by atoms with E-state index in [2.05, 4.69) is 51.2 Å². The molecule has 0 bridgehead atoms. The first-order valence-electron chi connectivity index (χ1n) is 12.8. The second kappa shape index (κ2) is 19.0. The van der Waals surface area contributed by atoms with Gasteiger partial charge in [0.2, 0.25) is 0 Å². The summed E-state index contributed by atoms with van der Waals surface area (Å²) in [6, 6.07) is 0.112. The maximum absolute atomic E-state index is 6.47. The van der Waals surface area contributed by atoms with Gasteiger partial charge in [0.05, 0.1) is 84.8 Å². The van der Waals surface area contributed by atoms with Crippen LogP contribution >= 0.6 is 0 Å². The SMILES string of the molecule is BN1CCOCCOCCN(B)C(C2CN(B)CCOCCN(B)CCO2)COCCOCC1. The van der Waals surface area contributed by atoms with E-state index in [0.717, 1.165) is 59.0 Å². The fourth-order valence-electron chi connectivity index (χ4n) is 3.89. The van der Waals surface area contributed by atoms with Crippen molar-refractivity contribution in [3.63, 3.8) is 0 Å². The maximum atomic E-state index is 6.47. The van der Waals surface area contributed by atoms with Crippen LogP contribution in [0.4, 0.5) is 0 Å². The molecule has 2 heterocycles. The van der Waals surface area contributed by atoms with Crippen molar-refractivity contribution in [2.75, 3.05) is 118 Å². The highest BCUT2D eigenvalue weighted by Gasteiger charge is 2.27. The Morgan fingerprint density at radius 3 is 1.50 bits per heavy atom. The van der Waals surface area contributed by atoms with Gasteiger partial charge in [0, 0.05) is 45.8 Å². The van der Waals surface area contributed by atoms with E-state index < -0.39 is 0 Å². The van der Waals surface area contributed by atoms with Crippen molar-refractivity contribution in [1.82, 2.24) is 19.2 Å². The number of ether oxygens (including phenoxy) is 6. The maximum Gasteiger partial charge on any atom is 0.186 e. The molecule has 0 aromatic rings. The Bertz CT molecular complexity index is 508. The van der Waals surface area contributed by atoms with Gasteiger partial charge in [0.15, 0.2) is 31.9 Å². The Labute approximate surface area is 210 Å². The number of nitrogens with zero attached hydrogens (tertiary/aromatic N) is 4. The van der Waals surface area contributed by atoms with Gasteiger partial charge in [0.1, 0.15) is 0 Å². The molecule has 0 aromatic heterocycles. The molecule has 194 valence electrons. The summed E-state index contributed by atoms with van der Waals surface area (Å²) in [5, 5.41) is 0. The van der Waals surface area contributed by atoms with Crippen LogP contribution in [0.15, 0.2) is 0 Å². The monoisotopic (exact) mass is 482 g/mol. The van der Waals surface area contributed by atoms with E-state index in [0.29, 0.717) is 59.5 Å². The van der Waals surface area contributed by atoms with Gasteiger partial charge in [-0.05, 0) is 0 Å². The van der Waals surface area contributed by atoms with Crippen LogP contribution in [0.25, 0.3) is 0 Å². The molecule has 10 nitrogen and oxygen atoms in total. The van der Waals surface area contributed by atoms with Crippen LogP contribution in [0.5, 0.6) is 0 Å². The smallest absolute Gasteiger partial charge is 0.186 e. The molecule has 2 aliphatic rings. The quantitative estimate of drug-likeness (QED) is 0.341. The number of rotatable bonds is 1. The van der Waals surface area contributed by atoms with Crippen LogP contribution < -0.4 is 0 Å². The van der Waals surface area contributed by atoms with Crippen LogP contribution in [-0.4, -0.2) is 182 Å². The molecule has 14 heteroatoms. The highest BCUT2D eigenvalue weighted by Crippen LogP contribution is 2.11. The predicted octanol–water partition coefficient (Wildman–Crippen LogP) is -4.75. The van der Waals surface area contributed by atoms with Gasteiger partial charge >= 0.3 is 0 Å². The molecule has 2 rings (SSSR count). The lowest BCUT2D eigenvalue weighted by atomic mass is 10.0. The highest BCUT2D eigenvalue weighted by atomic mass is 16.5. The summed E-state index contributed by atoms with van der Waals surface area (Å²) < 4.78 is 35.7. The Morgan fingerprint density at radius 1 is 0.471 bits per heavy atom. The van der Waals surface area contributed by atoms with E-state index in [1.165, 1.54) is 0 Å². The Balaban J connectivity index is 1.97. The molecule has 0 radical (unpaired) electrons. The third-order valence-electron chi connectivity index (χ3n) is 6.38. The van der Waals surface area contributed by atoms with E-state index in [1.54, 1.807) is 0 Å². The minimum Gasteiger partial charge on any atom is -0.379 e. The van der Waals surface area contributed by atoms with E-state index in [1.807, 2.05) is 0 Å². The van der Waals surface area contributed by atoms with Crippen molar-refractivity contribution in [1.29, 1.82) is 0 Å². The number of hydrogen-bond acceptors (Lipinski definition) is 10. The van der Waals surface area contributed by atoms with Crippen LogP contribution in [0.1, 0.15) is 0 Å². The van der Waals surface area contributed by atoms with E-state index in [4.69, 9.17) is 28.4 Å². The summed E-state index contributed by atoms with van der Waals surface area (Å²) in [6.45, 7) is 13.3. The van der Waals surface area contributed by atoms with Gasteiger partial charge in [-0.1, -0.05) is 0 Å². The van der Waals surface area contributed by atoms with Gasteiger partial charge in [-0.25, -0.2) is 0 Å². The van der Waals surface area contributed by atoms with Crippen molar-refractivity contribution in [3.05, 3.63) is 0 Å². The van der Waals surface area contributed by atoms with Crippen molar-refractivity contribution in [2.45, 2.75) is 12.1 Å². The number of hydrogen-bond donors (Lipinski definition) is 0. The second-order valence-corrected chi connectivity index (χ2v) is 9.35. The van der Waals surface area contributed by atoms with Gasteiger partial charge in [-0.2, -0.15) is 0 Å². The van der Waals surface area contributed by atoms with Gasteiger partial charge < -0.3 is 47.7 Å². The Hall–Kier alpha value is -0.140.